The van der Waals surface area contributed by atoms with Crippen LogP contribution in [0.2, 0.25) is 0 Å². The lowest BCUT2D eigenvalue weighted by molar-refractivity contribution is 0.102. The fourth-order valence-corrected chi connectivity index (χ4v) is 5.00. The molecular weight excluding hydrogens is 532 g/mol. The van der Waals surface area contributed by atoms with Gasteiger partial charge in [-0.1, -0.05) is 28.1 Å². The summed E-state index contributed by atoms with van der Waals surface area (Å²) in [5.41, 5.74) is 2.91. The third-order valence-corrected chi connectivity index (χ3v) is 7.41. The largest absolute Gasteiger partial charge is 0.489 e. The number of β-amino-alcohol motifs (C(OH)–C–C–N with tert-alkyl or cyclic N) is 1. The van der Waals surface area contributed by atoms with Crippen molar-refractivity contribution in [1.29, 1.82) is 0 Å². The predicted octanol–water partition coefficient (Wildman–Crippen LogP) is 4.25. The summed E-state index contributed by atoms with van der Waals surface area (Å²) >= 11 is 3.53. The molecule has 0 saturated carbocycles. The SMILES string of the molecule is CS(=O)(=O)c1ccc(C(=O)Nc2cccc(COc3ccc(Br)cc3CN3CC[C@H](O)C3)c2)cc1. The number of anilines is 1. The Bertz CT molecular complexity index is 1310. The Labute approximate surface area is 213 Å². The highest BCUT2D eigenvalue weighted by Gasteiger charge is 2.21. The molecule has 184 valence electrons. The number of halogens is 1. The number of aliphatic hydroxyl groups is 1. The highest BCUT2D eigenvalue weighted by molar-refractivity contribution is 9.10. The van der Waals surface area contributed by atoms with E-state index in [0.717, 1.165) is 40.6 Å². The van der Waals surface area contributed by atoms with Crippen LogP contribution < -0.4 is 10.1 Å². The molecule has 2 N–H and O–H groups in total. The Morgan fingerprint density at radius 3 is 2.60 bits per heavy atom. The maximum Gasteiger partial charge on any atom is 0.255 e. The predicted molar refractivity (Wildman–Crippen MR) is 138 cm³/mol. The van der Waals surface area contributed by atoms with Crippen molar-refractivity contribution < 1.29 is 23.1 Å². The van der Waals surface area contributed by atoms with E-state index in [0.29, 0.717) is 30.9 Å². The number of benzene rings is 3. The van der Waals surface area contributed by atoms with Gasteiger partial charge in [0.25, 0.3) is 5.91 Å². The van der Waals surface area contributed by atoms with Crippen molar-refractivity contribution in [2.75, 3.05) is 24.7 Å². The third kappa shape index (κ3) is 6.91. The molecule has 3 aromatic carbocycles. The number of amides is 1. The molecule has 3 aromatic rings. The Kier molecular flexibility index (Phi) is 7.91. The van der Waals surface area contributed by atoms with Crippen molar-refractivity contribution >= 4 is 37.4 Å². The summed E-state index contributed by atoms with van der Waals surface area (Å²) in [6.45, 7) is 2.53. The highest BCUT2D eigenvalue weighted by atomic mass is 79.9. The number of hydrogen-bond donors (Lipinski definition) is 2. The van der Waals surface area contributed by atoms with Crippen LogP contribution in [0.5, 0.6) is 5.75 Å². The van der Waals surface area contributed by atoms with Crippen molar-refractivity contribution in [3.05, 3.63) is 87.9 Å². The van der Waals surface area contributed by atoms with Gasteiger partial charge in [0.05, 0.1) is 11.0 Å². The fraction of sp³-hybridized carbons (Fsp3) is 0.269. The molecule has 1 heterocycles. The lowest BCUT2D eigenvalue weighted by Crippen LogP contribution is -2.21. The number of carbonyl (C=O) groups is 1. The minimum atomic E-state index is -3.32. The van der Waals surface area contributed by atoms with Gasteiger partial charge in [0.2, 0.25) is 0 Å². The van der Waals surface area contributed by atoms with Crippen LogP contribution in [-0.4, -0.2) is 49.8 Å². The summed E-state index contributed by atoms with van der Waals surface area (Å²) in [5.74, 6) is 0.445. The first-order valence-corrected chi connectivity index (χ1v) is 13.9. The van der Waals surface area contributed by atoms with Crippen LogP contribution in [0.4, 0.5) is 5.69 Å². The quantitative estimate of drug-likeness (QED) is 0.429. The molecule has 0 spiro atoms. The van der Waals surface area contributed by atoms with Gasteiger partial charge in [0, 0.05) is 47.2 Å². The molecule has 1 atom stereocenters. The lowest BCUT2D eigenvalue weighted by atomic mass is 10.1. The first-order valence-electron chi connectivity index (χ1n) is 11.2. The second-order valence-corrected chi connectivity index (χ2v) is 11.6. The van der Waals surface area contributed by atoms with Gasteiger partial charge in [-0.05, 0) is 66.6 Å². The van der Waals surface area contributed by atoms with E-state index in [1.807, 2.05) is 36.4 Å². The van der Waals surface area contributed by atoms with Crippen molar-refractivity contribution in [2.24, 2.45) is 0 Å². The Morgan fingerprint density at radius 2 is 1.91 bits per heavy atom. The van der Waals surface area contributed by atoms with Gasteiger partial charge in [0.1, 0.15) is 12.4 Å². The molecule has 1 fully saturated rings. The monoisotopic (exact) mass is 558 g/mol. The Hall–Kier alpha value is -2.72. The van der Waals surface area contributed by atoms with Crippen molar-refractivity contribution in [2.45, 2.75) is 30.6 Å². The first kappa shape index (κ1) is 25.4. The molecule has 4 rings (SSSR count). The van der Waals surface area contributed by atoms with Gasteiger partial charge < -0.3 is 15.2 Å². The number of likely N-dealkylation sites (tertiary alicyclic amines) is 1. The lowest BCUT2D eigenvalue weighted by Gasteiger charge is -2.18. The smallest absolute Gasteiger partial charge is 0.255 e. The molecule has 0 aromatic heterocycles. The molecule has 1 aliphatic heterocycles. The number of hydrogen-bond acceptors (Lipinski definition) is 6. The number of ether oxygens (including phenoxy) is 1. The zero-order valence-electron chi connectivity index (χ0n) is 19.3. The van der Waals surface area contributed by atoms with Crippen LogP contribution in [0.1, 0.15) is 27.9 Å². The maximum absolute atomic E-state index is 12.6. The second-order valence-electron chi connectivity index (χ2n) is 8.67. The third-order valence-electron chi connectivity index (χ3n) is 5.79. The molecule has 9 heteroatoms. The van der Waals surface area contributed by atoms with E-state index in [1.165, 1.54) is 24.3 Å². The summed E-state index contributed by atoms with van der Waals surface area (Å²) < 4.78 is 30.3. The topological polar surface area (TPSA) is 95.9 Å². The van der Waals surface area contributed by atoms with Crippen LogP contribution in [-0.2, 0) is 23.0 Å². The summed E-state index contributed by atoms with van der Waals surface area (Å²) in [5, 5.41) is 12.7. The molecule has 1 amide bonds. The zero-order chi connectivity index (χ0) is 25.0. The van der Waals surface area contributed by atoms with Crippen LogP contribution in [0.15, 0.2) is 76.1 Å². The summed E-state index contributed by atoms with van der Waals surface area (Å²) in [6, 6.07) is 19.1. The molecule has 1 aliphatic rings. The number of nitrogens with zero attached hydrogens (tertiary/aromatic N) is 1. The molecular formula is C26H27BrN2O5S. The van der Waals surface area contributed by atoms with E-state index >= 15 is 0 Å². The molecule has 0 radical (unpaired) electrons. The van der Waals surface area contributed by atoms with E-state index in [1.54, 1.807) is 6.07 Å². The van der Waals surface area contributed by atoms with Crippen molar-refractivity contribution in [3.63, 3.8) is 0 Å². The summed E-state index contributed by atoms with van der Waals surface area (Å²) in [6.07, 6.45) is 1.64. The normalized spacial score (nSPS) is 16.3. The molecule has 0 unspecified atom stereocenters. The standard InChI is InChI=1S/C26H27BrN2O5S/c1-35(32,33)24-8-5-19(6-9-24)26(31)28-22-4-2-3-18(13-22)17-34-25-10-7-21(27)14-20(25)15-29-12-11-23(30)16-29/h2-10,13-14,23,30H,11-12,15-17H2,1H3,(H,28,31)/t23-/m0/s1. The molecule has 35 heavy (non-hydrogen) atoms. The summed E-state index contributed by atoms with van der Waals surface area (Å²) in [7, 11) is -3.32. The number of rotatable bonds is 8. The van der Waals surface area contributed by atoms with Gasteiger partial charge >= 0.3 is 0 Å². The van der Waals surface area contributed by atoms with Crippen LogP contribution >= 0.6 is 15.9 Å². The number of sulfone groups is 1. The zero-order valence-corrected chi connectivity index (χ0v) is 21.7. The van der Waals surface area contributed by atoms with E-state index in [2.05, 4.69) is 26.1 Å². The number of nitrogens with one attached hydrogen (secondary N) is 1. The van der Waals surface area contributed by atoms with E-state index in [-0.39, 0.29) is 16.9 Å². The second kappa shape index (κ2) is 10.9. The van der Waals surface area contributed by atoms with E-state index < -0.39 is 9.84 Å². The Balaban J connectivity index is 1.40. The number of carbonyl (C=O) groups excluding carboxylic acids is 1. The molecule has 0 bridgehead atoms. The van der Waals surface area contributed by atoms with Gasteiger partial charge in [0.15, 0.2) is 9.84 Å². The van der Waals surface area contributed by atoms with Gasteiger partial charge in [-0.15, -0.1) is 0 Å². The van der Waals surface area contributed by atoms with E-state index in [4.69, 9.17) is 4.74 Å². The van der Waals surface area contributed by atoms with Crippen molar-refractivity contribution in [3.8, 4) is 5.75 Å². The highest BCUT2D eigenvalue weighted by Crippen LogP contribution is 2.27. The van der Waals surface area contributed by atoms with E-state index in [9.17, 15) is 18.3 Å². The molecule has 1 saturated heterocycles. The number of aliphatic hydroxyl groups excluding tert-OH is 1. The van der Waals surface area contributed by atoms with Crippen LogP contribution in [0.25, 0.3) is 0 Å². The van der Waals surface area contributed by atoms with Gasteiger partial charge in [-0.3, -0.25) is 9.69 Å². The average Bonchev–Trinajstić information content (AvgIpc) is 3.23. The molecule has 7 nitrogen and oxygen atoms in total. The van der Waals surface area contributed by atoms with Crippen LogP contribution in [0.3, 0.4) is 0 Å². The maximum atomic E-state index is 12.6. The Morgan fingerprint density at radius 1 is 1.14 bits per heavy atom. The summed E-state index contributed by atoms with van der Waals surface area (Å²) in [4.78, 5) is 15.0. The van der Waals surface area contributed by atoms with Gasteiger partial charge in [-0.25, -0.2) is 8.42 Å². The first-order chi connectivity index (χ1) is 16.7. The molecule has 0 aliphatic carbocycles. The minimum Gasteiger partial charge on any atom is -0.489 e. The van der Waals surface area contributed by atoms with Crippen LogP contribution in [0, 0.1) is 0 Å². The fourth-order valence-electron chi connectivity index (χ4n) is 3.97. The average molecular weight is 559 g/mol. The minimum absolute atomic E-state index is 0.168. The van der Waals surface area contributed by atoms with Gasteiger partial charge in [-0.2, -0.15) is 0 Å². The van der Waals surface area contributed by atoms with Crippen molar-refractivity contribution in [1.82, 2.24) is 4.90 Å².